The molecule has 22 heteroatoms. The second-order valence-corrected chi connectivity index (χ2v) is 17.1. The van der Waals surface area contributed by atoms with E-state index in [-0.39, 0.29) is 25.5 Å². The van der Waals surface area contributed by atoms with Gasteiger partial charge in [0.15, 0.2) is 23.5 Å². The summed E-state index contributed by atoms with van der Waals surface area (Å²) in [4.78, 5) is 62.4. The Balaban J connectivity index is 1.22. The van der Waals surface area contributed by atoms with Gasteiger partial charge in [0.25, 0.3) is 5.91 Å². The maximum Gasteiger partial charge on any atom is 0.435 e. The molecule has 324 valence electrons. The molecular formula is C37H53N8O13P. The molecule has 2 aliphatic rings. The van der Waals surface area contributed by atoms with E-state index >= 15 is 0 Å². The minimum absolute atomic E-state index is 0.127. The van der Waals surface area contributed by atoms with E-state index in [1.54, 1.807) is 39.2 Å². The highest BCUT2D eigenvalue weighted by molar-refractivity contribution is 7.52. The van der Waals surface area contributed by atoms with Crippen LogP contribution in [-0.2, 0) is 53.5 Å². The monoisotopic (exact) mass is 848 g/mol. The number of unbranched alkanes of at least 4 members (excludes halogenated alkanes) is 3. The molecule has 6 N–H and O–H groups in total. The number of carboxylic acid groups (broad SMARTS) is 1. The zero-order valence-corrected chi connectivity index (χ0v) is 34.6. The van der Waals surface area contributed by atoms with Gasteiger partial charge >= 0.3 is 25.9 Å². The van der Waals surface area contributed by atoms with Crippen LogP contribution in [0.1, 0.15) is 84.9 Å². The van der Waals surface area contributed by atoms with Gasteiger partial charge in [-0.25, -0.2) is 29.1 Å². The summed E-state index contributed by atoms with van der Waals surface area (Å²) >= 11 is 0. The molecule has 2 fully saturated rings. The molecule has 0 radical (unpaired) electrons. The lowest BCUT2D eigenvalue weighted by Gasteiger charge is -2.27. The maximum atomic E-state index is 14.4. The summed E-state index contributed by atoms with van der Waals surface area (Å²) in [6, 6.07) is 7.81. The molecule has 3 amide bonds. The van der Waals surface area contributed by atoms with Crippen molar-refractivity contribution in [2.75, 3.05) is 25.5 Å². The number of amides is 3. The van der Waals surface area contributed by atoms with Crippen molar-refractivity contribution in [1.82, 2.24) is 35.2 Å². The normalized spacial score (nSPS) is 21.2. The van der Waals surface area contributed by atoms with Gasteiger partial charge in [0.1, 0.15) is 48.4 Å². The number of nitrogens with two attached hydrogens (primary N) is 1. The summed E-state index contributed by atoms with van der Waals surface area (Å²) < 4.78 is 56.8. The number of hydrogen-bond acceptors (Lipinski definition) is 16. The number of nitrogens with zero attached hydrogens (tertiary/aromatic N) is 4. The van der Waals surface area contributed by atoms with Crippen molar-refractivity contribution in [3.63, 3.8) is 0 Å². The first-order chi connectivity index (χ1) is 27.9. The van der Waals surface area contributed by atoms with Crippen molar-refractivity contribution >= 4 is 48.8 Å². The van der Waals surface area contributed by atoms with Gasteiger partial charge in [0, 0.05) is 13.0 Å². The fraction of sp³-hybridized carbons (Fsp3) is 0.595. The van der Waals surface area contributed by atoms with Gasteiger partial charge in [0.2, 0.25) is 0 Å². The average molecular weight is 849 g/mol. The fourth-order valence-corrected chi connectivity index (χ4v) is 7.62. The zero-order chi connectivity index (χ0) is 42.8. The second kappa shape index (κ2) is 19.9. The van der Waals surface area contributed by atoms with E-state index in [2.05, 4.69) is 30.7 Å². The molecule has 0 aliphatic carbocycles. The lowest BCUT2D eigenvalue weighted by molar-refractivity contribution is -0.199. The van der Waals surface area contributed by atoms with Crippen molar-refractivity contribution < 1.29 is 61.6 Å². The number of anilines is 1. The van der Waals surface area contributed by atoms with Crippen molar-refractivity contribution in [2.45, 2.75) is 122 Å². The van der Waals surface area contributed by atoms with Gasteiger partial charge < -0.3 is 45.2 Å². The van der Waals surface area contributed by atoms with Gasteiger partial charge in [-0.2, -0.15) is 0 Å². The number of ether oxygens (including phenoxy) is 5. The Morgan fingerprint density at radius 1 is 1.00 bits per heavy atom. The number of carbonyl (C=O) groups is 4. The van der Waals surface area contributed by atoms with Gasteiger partial charge in [-0.15, -0.1) is 0 Å². The molecule has 59 heavy (non-hydrogen) atoms. The lowest BCUT2D eigenvalue weighted by Crippen LogP contribution is -2.48. The number of carbonyl (C=O) groups excluding carboxylic acids is 3. The fourth-order valence-electron chi connectivity index (χ4n) is 6.28. The Morgan fingerprint density at radius 3 is 2.46 bits per heavy atom. The number of imidazole rings is 1. The maximum absolute atomic E-state index is 14.4. The molecule has 1 unspecified atom stereocenters. The van der Waals surface area contributed by atoms with E-state index in [1.807, 2.05) is 30.3 Å². The number of aromatic nitrogens is 4. The van der Waals surface area contributed by atoms with Crippen LogP contribution < -0.4 is 21.5 Å². The standard InChI is InChI=1S/C37H53N8O13P/c1-36(2,3)58-35(50)43-24(15-16-26(46)47)32(48)44-59(51,53-18-12-7-6-11-17-39-34(49)52-19-23-13-9-8-10-14-23)54-20-25-28-29(57-37(4,5)56-28)33(55-25)45-22-42-27-30(38)40-21-41-31(27)45/h8-10,13-14,21-22,24-25,28-29,33H,6-7,11-12,15-20H2,1-5H3,(H,39,49)(H,43,50)(H,46,47)(H2,38,40,41)(H,44,48,51)/t24-,25+,28+,29+,33+,59?/m0/s1. The molecular weight excluding hydrogens is 795 g/mol. The second-order valence-electron chi connectivity index (χ2n) is 15.3. The summed E-state index contributed by atoms with van der Waals surface area (Å²) in [6.45, 7) is 8.27. The number of rotatable bonds is 20. The van der Waals surface area contributed by atoms with Crippen LogP contribution in [0.3, 0.4) is 0 Å². The molecule has 21 nitrogen and oxygen atoms in total. The summed E-state index contributed by atoms with van der Waals surface area (Å²) in [5.41, 5.74) is 6.67. The number of alkyl carbamates (subject to hydrolysis) is 2. The van der Waals surface area contributed by atoms with Crippen LogP contribution in [0.25, 0.3) is 11.2 Å². The smallest absolute Gasteiger partial charge is 0.435 e. The lowest BCUT2D eigenvalue weighted by atomic mass is 10.1. The number of fused-ring (bicyclic) bond motifs is 2. The van der Waals surface area contributed by atoms with Gasteiger partial charge in [-0.3, -0.25) is 28.3 Å². The number of carboxylic acids is 1. The van der Waals surface area contributed by atoms with E-state index in [9.17, 15) is 28.8 Å². The van der Waals surface area contributed by atoms with Crippen LogP contribution in [-0.4, -0.2) is 104 Å². The molecule has 3 aromatic rings. The number of nitrogens with one attached hydrogen (secondary N) is 3. The van der Waals surface area contributed by atoms with E-state index < -0.39 is 86.8 Å². The first-order valence-electron chi connectivity index (χ1n) is 19.2. The van der Waals surface area contributed by atoms with E-state index in [1.165, 1.54) is 12.7 Å². The van der Waals surface area contributed by atoms with Crippen LogP contribution in [0.5, 0.6) is 0 Å². The predicted octanol–water partition coefficient (Wildman–Crippen LogP) is 4.33. The third-order valence-electron chi connectivity index (χ3n) is 8.91. The third kappa shape index (κ3) is 13.3. The quantitative estimate of drug-likeness (QED) is 0.0782. The first kappa shape index (κ1) is 45.2. The SMILES string of the molecule is CC(C)(C)OC(=O)N[C@@H](CCC(=O)O)C(=O)NP(=O)(OCCCCCCNC(=O)OCc1ccccc1)OC[C@H]1O[C@@H](n2cnc3c(N)ncnc32)[C@@H]2OC(C)(C)O[C@@H]21. The van der Waals surface area contributed by atoms with E-state index in [0.29, 0.717) is 43.4 Å². The van der Waals surface area contributed by atoms with Crippen LogP contribution in [0.4, 0.5) is 15.4 Å². The van der Waals surface area contributed by atoms with Crippen LogP contribution in [0, 0.1) is 0 Å². The topological polar surface area (TPSA) is 276 Å². The molecule has 4 heterocycles. The number of aliphatic carboxylic acids is 1. The van der Waals surface area contributed by atoms with Crippen molar-refractivity contribution in [3.05, 3.63) is 48.5 Å². The Kier molecular flexibility index (Phi) is 15.2. The Hall–Kier alpha value is -4.92. The van der Waals surface area contributed by atoms with Gasteiger partial charge in [0.05, 0.1) is 19.5 Å². The molecule has 2 aromatic heterocycles. The van der Waals surface area contributed by atoms with Crippen molar-refractivity contribution in [2.24, 2.45) is 0 Å². The molecule has 5 rings (SSSR count). The van der Waals surface area contributed by atoms with E-state index in [4.69, 9.17) is 38.5 Å². The summed E-state index contributed by atoms with van der Waals surface area (Å²) in [5.74, 6) is -3.14. The summed E-state index contributed by atoms with van der Waals surface area (Å²) in [7, 11) is -4.56. The zero-order valence-electron chi connectivity index (χ0n) is 33.7. The summed E-state index contributed by atoms with van der Waals surface area (Å²) in [6.07, 6.45) is -0.578. The average Bonchev–Trinajstić information content (AvgIpc) is 3.83. The minimum Gasteiger partial charge on any atom is -0.481 e. The van der Waals surface area contributed by atoms with Gasteiger partial charge in [-0.05, 0) is 59.4 Å². The van der Waals surface area contributed by atoms with Crippen molar-refractivity contribution in [3.8, 4) is 0 Å². The molecule has 0 saturated carbocycles. The number of nitrogen functional groups attached to an aromatic ring is 1. The molecule has 2 aliphatic heterocycles. The molecule has 0 spiro atoms. The molecule has 2 saturated heterocycles. The van der Waals surface area contributed by atoms with E-state index in [0.717, 1.165) is 5.56 Å². The molecule has 0 bridgehead atoms. The third-order valence-corrected chi connectivity index (χ3v) is 10.4. The Morgan fingerprint density at radius 2 is 1.73 bits per heavy atom. The number of benzene rings is 1. The minimum atomic E-state index is -4.56. The largest absolute Gasteiger partial charge is 0.481 e. The Bertz CT molecular complexity index is 1960. The number of hydrogen-bond donors (Lipinski definition) is 5. The molecule has 1 aromatic carbocycles. The Labute approximate surface area is 340 Å². The van der Waals surface area contributed by atoms with Crippen LogP contribution in [0.2, 0.25) is 0 Å². The summed E-state index contributed by atoms with van der Waals surface area (Å²) in [5, 5.41) is 16.7. The van der Waals surface area contributed by atoms with Crippen LogP contribution >= 0.6 is 7.75 Å². The highest BCUT2D eigenvalue weighted by Gasteiger charge is 2.56. The molecule has 6 atom stereocenters. The van der Waals surface area contributed by atoms with Crippen molar-refractivity contribution in [1.29, 1.82) is 0 Å². The first-order valence-corrected chi connectivity index (χ1v) is 20.8. The van der Waals surface area contributed by atoms with Crippen LogP contribution in [0.15, 0.2) is 43.0 Å². The van der Waals surface area contributed by atoms with Gasteiger partial charge in [-0.1, -0.05) is 43.2 Å². The highest BCUT2D eigenvalue weighted by atomic mass is 31.2. The highest BCUT2D eigenvalue weighted by Crippen LogP contribution is 2.48. The predicted molar refractivity (Wildman–Crippen MR) is 208 cm³/mol.